The molecule has 0 spiro atoms. The molecule has 0 saturated carbocycles. The quantitative estimate of drug-likeness (QED) is 0.365. The highest BCUT2D eigenvalue weighted by Gasteiger charge is 2.61. The van der Waals surface area contributed by atoms with E-state index >= 15 is 0 Å². The van der Waals surface area contributed by atoms with E-state index < -0.39 is 17.8 Å². The van der Waals surface area contributed by atoms with E-state index in [0.717, 1.165) is 22.3 Å². The van der Waals surface area contributed by atoms with Gasteiger partial charge >= 0.3 is 5.97 Å². The number of carbonyl (C=O) groups excluding carboxylic acids is 3. The normalized spacial score (nSPS) is 25.1. The van der Waals surface area contributed by atoms with E-state index in [4.69, 9.17) is 4.74 Å². The summed E-state index contributed by atoms with van der Waals surface area (Å²) in [5.74, 6) is -1.41. The van der Waals surface area contributed by atoms with Crippen LogP contribution in [0.15, 0.2) is 72.8 Å². The summed E-state index contributed by atoms with van der Waals surface area (Å²) < 4.78 is 5.08. The number of esters is 1. The molecule has 4 aliphatic rings. The van der Waals surface area contributed by atoms with Gasteiger partial charge in [-0.15, -0.1) is 0 Å². The lowest BCUT2D eigenvalue weighted by atomic mass is 9.55. The van der Waals surface area contributed by atoms with Gasteiger partial charge in [0.2, 0.25) is 11.8 Å². The molecule has 1 heterocycles. The first-order valence-electron chi connectivity index (χ1n) is 10.4. The largest absolute Gasteiger partial charge is 0.427 e. The molecule has 2 atom stereocenters. The Morgan fingerprint density at radius 2 is 1.13 bits per heavy atom. The molecule has 1 saturated heterocycles. The number of hydrogen-bond donors (Lipinski definition) is 0. The molecule has 1 aliphatic heterocycles. The monoisotopic (exact) mass is 409 g/mol. The number of amides is 2. The van der Waals surface area contributed by atoms with Crippen LogP contribution in [0.4, 0.5) is 5.69 Å². The van der Waals surface area contributed by atoms with E-state index in [1.807, 2.05) is 24.3 Å². The number of rotatable bonds is 2. The van der Waals surface area contributed by atoms with E-state index in [1.165, 1.54) is 11.8 Å². The summed E-state index contributed by atoms with van der Waals surface area (Å²) in [7, 11) is 0. The van der Waals surface area contributed by atoms with Crippen molar-refractivity contribution in [2.75, 3.05) is 4.90 Å². The van der Waals surface area contributed by atoms with E-state index in [0.29, 0.717) is 11.4 Å². The van der Waals surface area contributed by atoms with Crippen molar-refractivity contribution < 1.29 is 19.1 Å². The number of anilines is 1. The van der Waals surface area contributed by atoms with Gasteiger partial charge in [-0.25, -0.2) is 4.90 Å². The summed E-state index contributed by atoms with van der Waals surface area (Å²) in [6, 6.07) is 22.9. The van der Waals surface area contributed by atoms with Crippen molar-refractivity contribution in [2.45, 2.75) is 18.8 Å². The van der Waals surface area contributed by atoms with E-state index in [-0.39, 0.29) is 23.7 Å². The van der Waals surface area contributed by atoms with Gasteiger partial charge in [0.1, 0.15) is 5.75 Å². The second-order valence-electron chi connectivity index (χ2n) is 8.36. The zero-order valence-electron chi connectivity index (χ0n) is 16.8. The molecule has 3 aromatic rings. The zero-order chi connectivity index (χ0) is 21.3. The van der Waals surface area contributed by atoms with E-state index in [2.05, 4.69) is 24.3 Å². The van der Waals surface area contributed by atoms with Crippen LogP contribution in [0.25, 0.3) is 0 Å². The minimum absolute atomic E-state index is 0.121. The van der Waals surface area contributed by atoms with E-state index in [1.54, 1.807) is 24.3 Å². The van der Waals surface area contributed by atoms with Gasteiger partial charge in [-0.1, -0.05) is 48.5 Å². The Kier molecular flexibility index (Phi) is 3.72. The lowest BCUT2D eigenvalue weighted by Gasteiger charge is -2.45. The van der Waals surface area contributed by atoms with Crippen LogP contribution in [-0.2, 0) is 14.4 Å². The average molecular weight is 409 g/mol. The lowest BCUT2D eigenvalue weighted by Crippen LogP contribution is -2.41. The Labute approximate surface area is 179 Å². The Balaban J connectivity index is 1.46. The Morgan fingerprint density at radius 1 is 0.710 bits per heavy atom. The average Bonchev–Trinajstić information content (AvgIpc) is 3.05. The molecule has 2 bridgehead atoms. The fraction of sp³-hybridized carbons (Fsp3) is 0.192. The Bertz CT molecular complexity index is 1150. The molecule has 0 N–H and O–H groups in total. The predicted molar refractivity (Wildman–Crippen MR) is 114 cm³/mol. The molecule has 0 aromatic heterocycles. The van der Waals surface area contributed by atoms with Crippen LogP contribution in [0.3, 0.4) is 0 Å². The van der Waals surface area contributed by atoms with Gasteiger partial charge in [0, 0.05) is 18.8 Å². The molecule has 5 heteroatoms. The lowest BCUT2D eigenvalue weighted by molar-refractivity contribution is -0.132. The summed E-state index contributed by atoms with van der Waals surface area (Å²) in [5, 5.41) is 0. The fourth-order valence-corrected chi connectivity index (χ4v) is 5.76. The maximum Gasteiger partial charge on any atom is 0.308 e. The van der Waals surface area contributed by atoms with Gasteiger partial charge in [0.15, 0.2) is 0 Å². The third-order valence-electron chi connectivity index (χ3n) is 6.80. The van der Waals surface area contributed by atoms with Crippen molar-refractivity contribution in [1.82, 2.24) is 0 Å². The number of imide groups is 1. The summed E-state index contributed by atoms with van der Waals surface area (Å²) in [6.45, 7) is 1.33. The minimum Gasteiger partial charge on any atom is -0.427 e. The van der Waals surface area contributed by atoms with Crippen molar-refractivity contribution in [3.8, 4) is 5.75 Å². The highest BCUT2D eigenvalue weighted by atomic mass is 16.5. The highest BCUT2D eigenvalue weighted by molar-refractivity contribution is 6.23. The predicted octanol–water partition coefficient (Wildman–Crippen LogP) is 4.01. The smallest absolute Gasteiger partial charge is 0.308 e. The first-order valence-corrected chi connectivity index (χ1v) is 10.4. The molecule has 1 fully saturated rings. The summed E-state index contributed by atoms with van der Waals surface area (Å²) >= 11 is 0. The topological polar surface area (TPSA) is 63.7 Å². The standard InChI is InChI=1S/C26H19NO4/c1-14(28)31-16-12-10-15(11-13-16)27-25(29)23-21-17-6-2-3-7-18(17)22(24(23)26(27)30)20-9-5-4-8-19(20)21/h2-13,21-24H,1H3/t21?,22?,23-,24+. The van der Waals surface area contributed by atoms with Crippen LogP contribution < -0.4 is 9.64 Å². The molecule has 7 rings (SSSR count). The first kappa shape index (κ1) is 18.1. The van der Waals surface area contributed by atoms with Crippen LogP contribution in [-0.4, -0.2) is 17.8 Å². The Morgan fingerprint density at radius 3 is 1.52 bits per heavy atom. The molecule has 0 unspecified atom stereocenters. The maximum absolute atomic E-state index is 13.6. The van der Waals surface area contributed by atoms with Crippen LogP contribution in [0.1, 0.15) is 41.0 Å². The van der Waals surface area contributed by atoms with Crippen LogP contribution >= 0.6 is 0 Å². The summed E-state index contributed by atoms with van der Waals surface area (Å²) in [5.41, 5.74) is 5.12. The van der Waals surface area contributed by atoms with Crippen LogP contribution in [0, 0.1) is 11.8 Å². The van der Waals surface area contributed by atoms with Gasteiger partial charge in [-0.2, -0.15) is 0 Å². The number of carbonyl (C=O) groups is 3. The van der Waals surface area contributed by atoms with Crippen molar-refractivity contribution in [2.24, 2.45) is 11.8 Å². The van der Waals surface area contributed by atoms with Gasteiger partial charge in [-0.3, -0.25) is 14.4 Å². The molecule has 3 aliphatic carbocycles. The van der Waals surface area contributed by atoms with Crippen molar-refractivity contribution in [1.29, 1.82) is 0 Å². The van der Waals surface area contributed by atoms with Crippen LogP contribution in [0.5, 0.6) is 5.75 Å². The first-order chi connectivity index (χ1) is 15.1. The van der Waals surface area contributed by atoms with Crippen molar-refractivity contribution in [3.63, 3.8) is 0 Å². The fourth-order valence-electron chi connectivity index (χ4n) is 5.76. The molecule has 0 radical (unpaired) electrons. The molecule has 31 heavy (non-hydrogen) atoms. The summed E-state index contributed by atoms with van der Waals surface area (Å²) in [6.07, 6.45) is 0. The van der Waals surface area contributed by atoms with Gasteiger partial charge < -0.3 is 4.74 Å². The SMILES string of the molecule is CC(=O)Oc1ccc(N2C(=O)[C@@H]3C4c5ccccc5C(c5ccccc54)[C@@H]3C2=O)cc1. The highest BCUT2D eigenvalue weighted by Crippen LogP contribution is 2.61. The van der Waals surface area contributed by atoms with Gasteiger partial charge in [0.05, 0.1) is 17.5 Å². The molecule has 2 amide bonds. The number of nitrogens with zero attached hydrogens (tertiary/aromatic N) is 1. The molecule has 152 valence electrons. The Hall–Kier alpha value is -3.73. The van der Waals surface area contributed by atoms with Crippen molar-refractivity contribution in [3.05, 3.63) is 95.1 Å². The summed E-state index contributed by atoms with van der Waals surface area (Å²) in [4.78, 5) is 39.8. The van der Waals surface area contributed by atoms with Crippen molar-refractivity contribution >= 4 is 23.5 Å². The molecule has 5 nitrogen and oxygen atoms in total. The van der Waals surface area contributed by atoms with E-state index in [9.17, 15) is 14.4 Å². The van der Waals surface area contributed by atoms with Gasteiger partial charge in [-0.05, 0) is 46.5 Å². The van der Waals surface area contributed by atoms with Gasteiger partial charge in [0.25, 0.3) is 0 Å². The molecular formula is C26H19NO4. The number of hydrogen-bond acceptors (Lipinski definition) is 4. The zero-order valence-corrected chi connectivity index (χ0v) is 16.8. The third-order valence-corrected chi connectivity index (χ3v) is 6.80. The maximum atomic E-state index is 13.6. The molecular weight excluding hydrogens is 390 g/mol. The number of ether oxygens (including phenoxy) is 1. The second-order valence-corrected chi connectivity index (χ2v) is 8.36. The minimum atomic E-state index is -0.417. The molecule has 3 aromatic carbocycles. The van der Waals surface area contributed by atoms with Crippen LogP contribution in [0.2, 0.25) is 0 Å². The third kappa shape index (κ3) is 2.40. The number of benzene rings is 3. The second kappa shape index (κ2) is 6.38.